The number of rotatable bonds is 5. The lowest BCUT2D eigenvalue weighted by Crippen LogP contribution is -2.11. The van der Waals surface area contributed by atoms with Gasteiger partial charge in [0.2, 0.25) is 0 Å². The first-order valence-corrected chi connectivity index (χ1v) is 11.6. The van der Waals surface area contributed by atoms with Crippen molar-refractivity contribution < 1.29 is 19.4 Å². The molecule has 0 fully saturated rings. The molecule has 1 atom stereocenters. The summed E-state index contributed by atoms with van der Waals surface area (Å²) in [6.45, 7) is 6.63. The van der Waals surface area contributed by atoms with Gasteiger partial charge in [0.15, 0.2) is 10.8 Å². The van der Waals surface area contributed by atoms with Crippen molar-refractivity contribution in [1.29, 1.82) is 0 Å². The lowest BCUT2D eigenvalue weighted by Gasteiger charge is -2.13. The normalized spacial score (nSPS) is 13.1. The predicted octanol–water partition coefficient (Wildman–Crippen LogP) is 6.24. The number of para-hydroxylation sites is 1. The van der Waals surface area contributed by atoms with Gasteiger partial charge in [-0.3, -0.25) is 0 Å². The van der Waals surface area contributed by atoms with Crippen LogP contribution in [0.2, 0.25) is 0 Å². The molecule has 2 aromatic carbocycles. The van der Waals surface area contributed by atoms with Gasteiger partial charge in [-0.25, -0.2) is 9.78 Å². The van der Waals surface area contributed by atoms with Crippen LogP contribution in [0.3, 0.4) is 0 Å². The summed E-state index contributed by atoms with van der Waals surface area (Å²) in [7, 11) is 0. The van der Waals surface area contributed by atoms with Gasteiger partial charge in [0.05, 0.1) is 23.9 Å². The number of carboxylic acid groups (broad SMARTS) is 1. The molecule has 3 heterocycles. The molecule has 5 aromatic rings. The topological polar surface area (TPSA) is 88.5 Å². The third-order valence-electron chi connectivity index (χ3n) is 5.80. The number of aliphatic hydroxyl groups excluding tert-OH is 1. The standard InChI is InChI=1S/C26H24N2O4S/c1-26(2,3)23-14-33-24(27-23)22-11-16-10-15(8-9-21(16)32-22)20(29)13-28-12-18(25(30)31)17-6-4-5-7-19(17)28/h4-12,14,20,29H,13H2,1-3H3,(H,30,31). The molecule has 0 radical (unpaired) electrons. The first kappa shape index (κ1) is 21.4. The number of aliphatic hydroxyl groups is 1. The Labute approximate surface area is 194 Å². The molecule has 2 N–H and O–H groups in total. The number of hydrogen-bond donors (Lipinski definition) is 2. The molecule has 7 heteroatoms. The Bertz CT molecular complexity index is 1490. The number of aromatic carboxylic acids is 1. The number of carboxylic acids is 1. The third-order valence-corrected chi connectivity index (χ3v) is 6.65. The fraction of sp³-hybridized carbons (Fsp3) is 0.231. The summed E-state index contributed by atoms with van der Waals surface area (Å²) in [5.74, 6) is -0.275. The van der Waals surface area contributed by atoms with Crippen LogP contribution in [-0.2, 0) is 12.0 Å². The van der Waals surface area contributed by atoms with Crippen LogP contribution in [0.1, 0.15) is 48.5 Å². The maximum Gasteiger partial charge on any atom is 0.337 e. The fourth-order valence-electron chi connectivity index (χ4n) is 3.97. The third kappa shape index (κ3) is 3.94. The van der Waals surface area contributed by atoms with E-state index in [4.69, 9.17) is 9.40 Å². The second-order valence-corrected chi connectivity index (χ2v) is 10.1. The average Bonchev–Trinajstić information content (AvgIpc) is 3.49. The number of furan rings is 1. The molecule has 0 aliphatic carbocycles. The molecule has 1 unspecified atom stereocenters. The molecule has 0 bridgehead atoms. The lowest BCUT2D eigenvalue weighted by atomic mass is 9.93. The van der Waals surface area contributed by atoms with E-state index in [9.17, 15) is 15.0 Å². The van der Waals surface area contributed by atoms with Gasteiger partial charge in [-0.05, 0) is 29.8 Å². The molecule has 6 nitrogen and oxygen atoms in total. The number of fused-ring (bicyclic) bond motifs is 2. The molecule has 33 heavy (non-hydrogen) atoms. The minimum absolute atomic E-state index is 0.0266. The van der Waals surface area contributed by atoms with Gasteiger partial charge in [-0.1, -0.05) is 45.0 Å². The van der Waals surface area contributed by atoms with Crippen molar-refractivity contribution in [3.63, 3.8) is 0 Å². The fourth-order valence-corrected chi connectivity index (χ4v) is 4.96. The van der Waals surface area contributed by atoms with Crippen LogP contribution in [0.25, 0.3) is 32.6 Å². The van der Waals surface area contributed by atoms with Gasteiger partial charge < -0.3 is 19.2 Å². The Hall–Kier alpha value is -3.42. The zero-order valence-electron chi connectivity index (χ0n) is 18.6. The van der Waals surface area contributed by atoms with Crippen LogP contribution in [0.15, 0.2) is 64.5 Å². The van der Waals surface area contributed by atoms with Crippen LogP contribution in [0.4, 0.5) is 0 Å². The van der Waals surface area contributed by atoms with Crippen molar-refractivity contribution in [3.05, 3.63) is 76.9 Å². The lowest BCUT2D eigenvalue weighted by molar-refractivity contribution is 0.0698. The summed E-state index contributed by atoms with van der Waals surface area (Å²) in [4.78, 5) is 16.3. The molecule has 0 saturated heterocycles. The summed E-state index contributed by atoms with van der Waals surface area (Å²) < 4.78 is 7.81. The molecule has 0 aliphatic heterocycles. The highest BCUT2D eigenvalue weighted by atomic mass is 32.1. The summed E-state index contributed by atoms with van der Waals surface area (Å²) in [5.41, 5.74) is 3.47. The van der Waals surface area contributed by atoms with E-state index in [2.05, 4.69) is 26.2 Å². The molecular weight excluding hydrogens is 436 g/mol. The molecule has 0 saturated carbocycles. The first-order valence-electron chi connectivity index (χ1n) is 10.7. The minimum Gasteiger partial charge on any atom is -0.478 e. The number of nitrogens with zero attached hydrogens (tertiary/aromatic N) is 2. The second kappa shape index (κ2) is 7.86. The van der Waals surface area contributed by atoms with E-state index in [0.29, 0.717) is 11.1 Å². The van der Waals surface area contributed by atoms with Crippen LogP contribution >= 0.6 is 11.3 Å². The van der Waals surface area contributed by atoms with E-state index in [0.717, 1.165) is 32.8 Å². The smallest absolute Gasteiger partial charge is 0.337 e. The van der Waals surface area contributed by atoms with Crippen molar-refractivity contribution in [2.45, 2.75) is 38.8 Å². The van der Waals surface area contributed by atoms with Gasteiger partial charge in [-0.15, -0.1) is 11.3 Å². The summed E-state index contributed by atoms with van der Waals surface area (Å²) in [6.07, 6.45) is 0.775. The summed E-state index contributed by atoms with van der Waals surface area (Å²) in [6, 6.07) is 14.9. The van der Waals surface area contributed by atoms with E-state index >= 15 is 0 Å². The first-order chi connectivity index (χ1) is 15.7. The molecule has 0 spiro atoms. The Kier molecular flexibility index (Phi) is 5.11. The number of benzene rings is 2. The zero-order valence-corrected chi connectivity index (χ0v) is 19.4. The number of carbonyl (C=O) groups is 1. The largest absolute Gasteiger partial charge is 0.478 e. The van der Waals surface area contributed by atoms with E-state index in [-0.39, 0.29) is 17.5 Å². The van der Waals surface area contributed by atoms with Crippen LogP contribution in [0.5, 0.6) is 0 Å². The Balaban J connectivity index is 1.44. The van der Waals surface area contributed by atoms with E-state index in [1.165, 1.54) is 0 Å². The van der Waals surface area contributed by atoms with E-state index < -0.39 is 12.1 Å². The average molecular weight is 461 g/mol. The number of hydrogen-bond acceptors (Lipinski definition) is 5. The highest BCUT2D eigenvalue weighted by Gasteiger charge is 2.20. The van der Waals surface area contributed by atoms with E-state index in [1.807, 2.05) is 42.5 Å². The van der Waals surface area contributed by atoms with Gasteiger partial charge in [-0.2, -0.15) is 0 Å². The van der Waals surface area contributed by atoms with Crippen LogP contribution in [-0.4, -0.2) is 25.7 Å². The van der Waals surface area contributed by atoms with Crippen molar-refractivity contribution in [1.82, 2.24) is 9.55 Å². The quantitative estimate of drug-likeness (QED) is 0.324. The molecule has 168 valence electrons. The van der Waals surface area contributed by atoms with Crippen LogP contribution in [0, 0.1) is 0 Å². The summed E-state index contributed by atoms with van der Waals surface area (Å²) in [5, 5.41) is 24.9. The molecular formula is C26H24N2O4S. The van der Waals surface area contributed by atoms with Gasteiger partial charge >= 0.3 is 5.97 Å². The minimum atomic E-state index is -0.983. The van der Waals surface area contributed by atoms with Crippen molar-refractivity contribution in [2.24, 2.45) is 0 Å². The Morgan fingerprint density at radius 1 is 1.18 bits per heavy atom. The maximum absolute atomic E-state index is 11.6. The summed E-state index contributed by atoms with van der Waals surface area (Å²) >= 11 is 1.56. The Morgan fingerprint density at radius 2 is 1.97 bits per heavy atom. The maximum atomic E-state index is 11.6. The monoisotopic (exact) mass is 460 g/mol. The van der Waals surface area contributed by atoms with E-state index in [1.54, 1.807) is 28.2 Å². The SMILES string of the molecule is CC(C)(C)c1csc(-c2cc3cc(C(O)Cn4cc(C(=O)O)c5ccccc54)ccc3o2)n1. The Morgan fingerprint density at radius 3 is 2.70 bits per heavy atom. The highest BCUT2D eigenvalue weighted by Crippen LogP contribution is 2.34. The number of thiazole rings is 1. The van der Waals surface area contributed by atoms with Gasteiger partial charge in [0.25, 0.3) is 0 Å². The molecule has 3 aromatic heterocycles. The van der Waals surface area contributed by atoms with Crippen LogP contribution < -0.4 is 0 Å². The van der Waals surface area contributed by atoms with Gasteiger partial charge in [0.1, 0.15) is 5.58 Å². The molecule has 0 amide bonds. The molecule has 0 aliphatic rings. The van der Waals surface area contributed by atoms with Gasteiger partial charge in [0, 0.05) is 33.3 Å². The van der Waals surface area contributed by atoms with Crippen molar-refractivity contribution in [2.75, 3.05) is 0 Å². The van der Waals surface area contributed by atoms with Crippen molar-refractivity contribution >= 4 is 39.2 Å². The second-order valence-electron chi connectivity index (χ2n) is 9.23. The van der Waals surface area contributed by atoms with Crippen molar-refractivity contribution in [3.8, 4) is 10.8 Å². The zero-order chi connectivity index (χ0) is 23.3. The molecule has 5 rings (SSSR count). The number of aromatic nitrogens is 2. The highest BCUT2D eigenvalue weighted by molar-refractivity contribution is 7.13. The predicted molar refractivity (Wildman–Crippen MR) is 130 cm³/mol.